The summed E-state index contributed by atoms with van der Waals surface area (Å²) in [5.41, 5.74) is 7.06. The molecule has 0 aliphatic rings. The topological polar surface area (TPSA) is 50.4 Å². The number of rotatable bonds is 5. The first-order valence-electron chi connectivity index (χ1n) is 5.82. The number of halogens is 1. The van der Waals surface area contributed by atoms with Crippen LogP contribution < -0.4 is 11.1 Å². The highest BCUT2D eigenvalue weighted by Crippen LogP contribution is 2.04. The normalized spacial score (nSPS) is 12.7. The number of benzene rings is 1. The Morgan fingerprint density at radius 3 is 2.59 bits per heavy atom. The van der Waals surface area contributed by atoms with Gasteiger partial charge in [-0.15, -0.1) is 24.0 Å². The van der Waals surface area contributed by atoms with Crippen molar-refractivity contribution in [2.45, 2.75) is 32.7 Å². The van der Waals surface area contributed by atoms with Gasteiger partial charge in [-0.05, 0) is 32.3 Å². The van der Waals surface area contributed by atoms with Crippen molar-refractivity contribution in [3.8, 4) is 0 Å². The second kappa shape index (κ2) is 9.27. The summed E-state index contributed by atoms with van der Waals surface area (Å²) in [7, 11) is 0. The number of nitrogens with two attached hydrogens (primary N) is 1. The standard InChI is InChI=1S/C13H21N3.HI/c1-3-15-13(14)16-11(2)9-10-12-7-5-4-6-8-12;/h4-8,11H,3,9-10H2,1-2H3,(H3,14,15,16);1H. The Kier molecular flexibility index (Phi) is 8.85. The van der Waals surface area contributed by atoms with Crippen LogP contribution in [0.15, 0.2) is 35.3 Å². The molecule has 4 heteroatoms. The molecule has 1 rings (SSSR count). The highest BCUT2D eigenvalue weighted by molar-refractivity contribution is 14.0. The zero-order valence-electron chi connectivity index (χ0n) is 10.5. The highest BCUT2D eigenvalue weighted by Gasteiger charge is 2.02. The molecule has 0 fully saturated rings. The van der Waals surface area contributed by atoms with E-state index in [9.17, 15) is 0 Å². The molecule has 0 spiro atoms. The molecule has 17 heavy (non-hydrogen) atoms. The van der Waals surface area contributed by atoms with E-state index in [0.29, 0.717) is 12.0 Å². The molecule has 1 aromatic carbocycles. The number of hydrogen-bond acceptors (Lipinski definition) is 1. The van der Waals surface area contributed by atoms with Crippen molar-refractivity contribution in [1.82, 2.24) is 5.32 Å². The molecule has 0 saturated carbocycles. The highest BCUT2D eigenvalue weighted by atomic mass is 127. The maximum Gasteiger partial charge on any atom is 0.188 e. The molecule has 96 valence electrons. The molecule has 3 nitrogen and oxygen atoms in total. The van der Waals surface area contributed by atoms with Crippen molar-refractivity contribution in [3.63, 3.8) is 0 Å². The van der Waals surface area contributed by atoms with Gasteiger partial charge in [0.2, 0.25) is 0 Å². The van der Waals surface area contributed by atoms with Crippen LogP contribution in [0.3, 0.4) is 0 Å². The van der Waals surface area contributed by atoms with E-state index in [1.807, 2.05) is 13.0 Å². The number of hydrogen-bond donors (Lipinski definition) is 2. The van der Waals surface area contributed by atoms with E-state index in [-0.39, 0.29) is 24.0 Å². The Morgan fingerprint density at radius 1 is 1.35 bits per heavy atom. The molecule has 0 heterocycles. The van der Waals surface area contributed by atoms with Crippen molar-refractivity contribution in [2.24, 2.45) is 10.7 Å². The van der Waals surface area contributed by atoms with Gasteiger partial charge in [0.1, 0.15) is 0 Å². The Hall–Kier alpha value is -0.780. The lowest BCUT2D eigenvalue weighted by Crippen LogP contribution is -2.38. The van der Waals surface area contributed by atoms with Crippen molar-refractivity contribution >= 4 is 29.9 Å². The summed E-state index contributed by atoms with van der Waals surface area (Å²) >= 11 is 0. The molecule has 1 aromatic rings. The van der Waals surface area contributed by atoms with E-state index < -0.39 is 0 Å². The molecular formula is C13H22IN3. The first-order valence-corrected chi connectivity index (χ1v) is 5.82. The number of nitrogens with one attached hydrogen (secondary N) is 1. The summed E-state index contributed by atoms with van der Waals surface area (Å²) in [5.74, 6) is 0.545. The molecule has 0 bridgehead atoms. The fourth-order valence-electron chi connectivity index (χ4n) is 1.57. The van der Waals surface area contributed by atoms with Crippen molar-refractivity contribution in [3.05, 3.63) is 35.9 Å². The minimum atomic E-state index is 0. The van der Waals surface area contributed by atoms with Crippen LogP contribution in [-0.2, 0) is 6.42 Å². The predicted octanol–water partition coefficient (Wildman–Crippen LogP) is 2.55. The average molecular weight is 347 g/mol. The van der Waals surface area contributed by atoms with Gasteiger partial charge >= 0.3 is 0 Å². The van der Waals surface area contributed by atoms with Gasteiger partial charge in [-0.3, -0.25) is 4.99 Å². The lowest BCUT2D eigenvalue weighted by Gasteiger charge is -2.14. The van der Waals surface area contributed by atoms with Gasteiger partial charge in [-0.25, -0.2) is 0 Å². The number of nitrogens with zero attached hydrogens (tertiary/aromatic N) is 1. The van der Waals surface area contributed by atoms with Crippen LogP contribution in [0.25, 0.3) is 0 Å². The summed E-state index contributed by atoms with van der Waals surface area (Å²) in [6, 6.07) is 10.8. The van der Waals surface area contributed by atoms with Gasteiger partial charge in [-0.2, -0.15) is 0 Å². The minimum absolute atomic E-state index is 0. The van der Waals surface area contributed by atoms with Gasteiger partial charge in [-0.1, -0.05) is 30.3 Å². The smallest absolute Gasteiger partial charge is 0.188 e. The monoisotopic (exact) mass is 347 g/mol. The quantitative estimate of drug-likeness (QED) is 0.489. The average Bonchev–Trinajstić information content (AvgIpc) is 2.28. The summed E-state index contributed by atoms with van der Waals surface area (Å²) in [6.07, 6.45) is 2.12. The molecule has 0 aliphatic heterocycles. The summed E-state index contributed by atoms with van der Waals surface area (Å²) in [4.78, 5) is 4.10. The van der Waals surface area contributed by atoms with Crippen LogP contribution in [0.2, 0.25) is 0 Å². The molecule has 1 atom stereocenters. The molecule has 0 saturated heterocycles. The van der Waals surface area contributed by atoms with Gasteiger partial charge in [0.25, 0.3) is 0 Å². The third kappa shape index (κ3) is 7.20. The van der Waals surface area contributed by atoms with Gasteiger partial charge in [0.05, 0.1) is 0 Å². The van der Waals surface area contributed by atoms with Crippen molar-refractivity contribution < 1.29 is 0 Å². The fraction of sp³-hybridized carbons (Fsp3) is 0.462. The number of aliphatic imine (C=N–C) groups is 1. The van der Waals surface area contributed by atoms with Gasteiger partial charge in [0, 0.05) is 12.6 Å². The second-order valence-corrected chi connectivity index (χ2v) is 3.93. The zero-order valence-corrected chi connectivity index (χ0v) is 12.8. The van der Waals surface area contributed by atoms with E-state index in [2.05, 4.69) is 41.5 Å². The van der Waals surface area contributed by atoms with Gasteiger partial charge in [0.15, 0.2) is 5.96 Å². The maximum absolute atomic E-state index is 5.69. The third-order valence-electron chi connectivity index (χ3n) is 2.43. The van der Waals surface area contributed by atoms with Crippen LogP contribution in [0.4, 0.5) is 0 Å². The van der Waals surface area contributed by atoms with Crippen LogP contribution in [0.1, 0.15) is 25.8 Å². The largest absolute Gasteiger partial charge is 0.370 e. The second-order valence-electron chi connectivity index (χ2n) is 3.93. The molecule has 1 unspecified atom stereocenters. The van der Waals surface area contributed by atoms with E-state index >= 15 is 0 Å². The van der Waals surface area contributed by atoms with Crippen molar-refractivity contribution in [2.75, 3.05) is 6.54 Å². The van der Waals surface area contributed by atoms with E-state index in [4.69, 9.17) is 5.73 Å². The molecule has 0 aromatic heterocycles. The number of aryl methyl sites for hydroxylation is 1. The SMILES string of the molecule is CCN=C(N)NC(C)CCc1ccccc1.I. The lowest BCUT2D eigenvalue weighted by molar-refractivity contribution is 0.602. The zero-order chi connectivity index (χ0) is 11.8. The van der Waals surface area contributed by atoms with Crippen LogP contribution in [0.5, 0.6) is 0 Å². The molecular weight excluding hydrogens is 325 g/mol. The Labute approximate surface area is 121 Å². The fourth-order valence-corrected chi connectivity index (χ4v) is 1.57. The van der Waals surface area contributed by atoms with E-state index in [1.165, 1.54) is 5.56 Å². The molecule has 0 aliphatic carbocycles. The lowest BCUT2D eigenvalue weighted by atomic mass is 10.1. The maximum atomic E-state index is 5.69. The Balaban J connectivity index is 0.00000256. The van der Waals surface area contributed by atoms with E-state index in [0.717, 1.165) is 19.4 Å². The molecule has 3 N–H and O–H groups in total. The minimum Gasteiger partial charge on any atom is -0.370 e. The van der Waals surface area contributed by atoms with Crippen LogP contribution in [0, 0.1) is 0 Å². The first-order chi connectivity index (χ1) is 7.72. The summed E-state index contributed by atoms with van der Waals surface area (Å²) in [6.45, 7) is 4.83. The summed E-state index contributed by atoms with van der Waals surface area (Å²) < 4.78 is 0. The first kappa shape index (κ1) is 16.2. The van der Waals surface area contributed by atoms with Crippen molar-refractivity contribution in [1.29, 1.82) is 0 Å². The predicted molar refractivity (Wildman–Crippen MR) is 84.9 cm³/mol. The van der Waals surface area contributed by atoms with Gasteiger partial charge < -0.3 is 11.1 Å². The van der Waals surface area contributed by atoms with Crippen LogP contribution >= 0.6 is 24.0 Å². The number of guanidine groups is 1. The molecule has 0 radical (unpaired) electrons. The summed E-state index contributed by atoms with van der Waals surface area (Å²) in [5, 5.41) is 3.18. The van der Waals surface area contributed by atoms with Crippen LogP contribution in [-0.4, -0.2) is 18.5 Å². The Morgan fingerprint density at radius 2 is 2.00 bits per heavy atom. The Bertz CT molecular complexity index is 325. The van der Waals surface area contributed by atoms with E-state index in [1.54, 1.807) is 0 Å². The third-order valence-corrected chi connectivity index (χ3v) is 2.43. The molecule has 0 amide bonds.